The molecule has 0 bridgehead atoms. The largest absolute Gasteiger partial charge is 0.325 e. The van der Waals surface area contributed by atoms with Crippen molar-refractivity contribution in [3.8, 4) is 0 Å². The molecular formula is C20H26N2O3S2. The standard InChI is InChI=1S/C20H26N2O3S2/c1-13(2)15-6-8-16(9-7-15)22-27(24,25)17-10-11-19(26-5)18(12-17)21-20(23)14(3)4/h6-14,22H,1-5H3,(H,21,23). The van der Waals surface area contributed by atoms with Crippen molar-refractivity contribution in [3.63, 3.8) is 0 Å². The second kappa shape index (κ2) is 8.80. The number of anilines is 2. The van der Waals surface area contributed by atoms with Gasteiger partial charge < -0.3 is 5.32 Å². The van der Waals surface area contributed by atoms with Gasteiger partial charge in [0.05, 0.1) is 10.6 Å². The van der Waals surface area contributed by atoms with Crippen molar-refractivity contribution in [2.24, 2.45) is 5.92 Å². The zero-order valence-electron chi connectivity index (χ0n) is 16.2. The minimum absolute atomic E-state index is 0.104. The SMILES string of the molecule is CSc1ccc(S(=O)(=O)Nc2ccc(C(C)C)cc2)cc1NC(=O)C(C)C. The minimum atomic E-state index is -3.76. The molecule has 2 aromatic carbocycles. The molecule has 0 aliphatic heterocycles. The smallest absolute Gasteiger partial charge is 0.261 e. The van der Waals surface area contributed by atoms with Crippen molar-refractivity contribution in [3.05, 3.63) is 48.0 Å². The normalized spacial score (nSPS) is 11.7. The highest BCUT2D eigenvalue weighted by molar-refractivity contribution is 7.98. The van der Waals surface area contributed by atoms with Crippen LogP contribution in [0.5, 0.6) is 0 Å². The Hall–Kier alpha value is -1.99. The fraction of sp³-hybridized carbons (Fsp3) is 0.350. The summed E-state index contributed by atoms with van der Waals surface area (Å²) < 4.78 is 28.1. The Labute approximate surface area is 166 Å². The topological polar surface area (TPSA) is 75.3 Å². The number of carbonyl (C=O) groups is 1. The van der Waals surface area contributed by atoms with Gasteiger partial charge in [-0.2, -0.15) is 0 Å². The van der Waals surface area contributed by atoms with E-state index in [-0.39, 0.29) is 16.7 Å². The molecule has 5 nitrogen and oxygen atoms in total. The van der Waals surface area contributed by atoms with Gasteiger partial charge in [-0.15, -0.1) is 11.8 Å². The lowest BCUT2D eigenvalue weighted by Gasteiger charge is -2.14. The van der Waals surface area contributed by atoms with E-state index in [4.69, 9.17) is 0 Å². The van der Waals surface area contributed by atoms with Crippen LogP contribution in [0.2, 0.25) is 0 Å². The summed E-state index contributed by atoms with van der Waals surface area (Å²) in [6, 6.07) is 12.1. The van der Waals surface area contributed by atoms with Crippen LogP contribution < -0.4 is 10.0 Å². The maximum Gasteiger partial charge on any atom is 0.261 e. The van der Waals surface area contributed by atoms with Gasteiger partial charge in [0.1, 0.15) is 0 Å². The first-order chi connectivity index (χ1) is 12.6. The van der Waals surface area contributed by atoms with E-state index in [1.807, 2.05) is 18.4 Å². The molecule has 27 heavy (non-hydrogen) atoms. The first kappa shape index (κ1) is 21.3. The van der Waals surface area contributed by atoms with Gasteiger partial charge in [0.2, 0.25) is 5.91 Å². The Morgan fingerprint density at radius 1 is 1.00 bits per heavy atom. The molecular weight excluding hydrogens is 380 g/mol. The molecule has 0 atom stereocenters. The van der Waals surface area contributed by atoms with E-state index in [1.54, 1.807) is 38.1 Å². The molecule has 2 aromatic rings. The second-order valence-electron chi connectivity index (χ2n) is 6.89. The van der Waals surface area contributed by atoms with Crippen LogP contribution in [-0.2, 0) is 14.8 Å². The molecule has 0 saturated carbocycles. The van der Waals surface area contributed by atoms with E-state index >= 15 is 0 Å². The molecule has 7 heteroatoms. The number of rotatable bonds is 7. The summed E-state index contributed by atoms with van der Waals surface area (Å²) in [5, 5.41) is 2.81. The predicted octanol–water partition coefficient (Wildman–Crippen LogP) is 4.93. The van der Waals surface area contributed by atoms with Gasteiger partial charge in [-0.3, -0.25) is 9.52 Å². The lowest BCUT2D eigenvalue weighted by atomic mass is 10.0. The van der Waals surface area contributed by atoms with E-state index in [0.717, 1.165) is 10.5 Å². The van der Waals surface area contributed by atoms with E-state index < -0.39 is 10.0 Å². The van der Waals surface area contributed by atoms with Gasteiger partial charge in [0, 0.05) is 16.5 Å². The minimum Gasteiger partial charge on any atom is -0.325 e. The molecule has 0 saturated heterocycles. The Kier molecular flexibility index (Phi) is 6.95. The van der Waals surface area contributed by atoms with Crippen LogP contribution in [0.4, 0.5) is 11.4 Å². The van der Waals surface area contributed by atoms with Crippen molar-refractivity contribution in [1.29, 1.82) is 0 Å². The number of benzene rings is 2. The van der Waals surface area contributed by atoms with Gasteiger partial charge in [-0.1, -0.05) is 39.8 Å². The molecule has 0 heterocycles. The second-order valence-corrected chi connectivity index (χ2v) is 9.42. The Bertz CT molecular complexity index is 905. The van der Waals surface area contributed by atoms with Crippen LogP contribution in [-0.4, -0.2) is 20.6 Å². The Morgan fingerprint density at radius 3 is 2.15 bits per heavy atom. The fourth-order valence-electron chi connectivity index (χ4n) is 2.38. The zero-order valence-corrected chi connectivity index (χ0v) is 17.9. The van der Waals surface area contributed by atoms with Crippen LogP contribution in [0.3, 0.4) is 0 Å². The third kappa shape index (κ3) is 5.49. The van der Waals surface area contributed by atoms with Gasteiger partial charge >= 0.3 is 0 Å². The molecule has 146 valence electrons. The fourth-order valence-corrected chi connectivity index (χ4v) is 4.00. The average Bonchev–Trinajstić information content (AvgIpc) is 2.61. The highest BCUT2D eigenvalue weighted by Crippen LogP contribution is 2.29. The Balaban J connectivity index is 2.30. The molecule has 0 unspecified atom stereocenters. The molecule has 0 spiro atoms. The third-order valence-electron chi connectivity index (χ3n) is 4.09. The van der Waals surface area contributed by atoms with Crippen molar-refractivity contribution in [2.45, 2.75) is 43.4 Å². The number of thioether (sulfide) groups is 1. The summed E-state index contributed by atoms with van der Waals surface area (Å²) in [5.74, 6) is 0.0246. The van der Waals surface area contributed by atoms with Crippen molar-refractivity contribution in [1.82, 2.24) is 0 Å². The van der Waals surface area contributed by atoms with Crippen LogP contribution in [0.15, 0.2) is 52.3 Å². The Morgan fingerprint density at radius 2 is 1.63 bits per heavy atom. The monoisotopic (exact) mass is 406 g/mol. The van der Waals surface area contributed by atoms with Crippen molar-refractivity contribution in [2.75, 3.05) is 16.3 Å². The highest BCUT2D eigenvalue weighted by Gasteiger charge is 2.18. The van der Waals surface area contributed by atoms with Gasteiger partial charge in [-0.25, -0.2) is 8.42 Å². The van der Waals surface area contributed by atoms with Crippen LogP contribution >= 0.6 is 11.8 Å². The number of carbonyl (C=O) groups excluding carboxylic acids is 1. The maximum absolute atomic E-state index is 12.8. The summed E-state index contributed by atoms with van der Waals surface area (Å²) in [7, 11) is -3.76. The first-order valence-corrected chi connectivity index (χ1v) is 11.5. The number of hydrogen-bond acceptors (Lipinski definition) is 4. The van der Waals surface area contributed by atoms with Crippen molar-refractivity contribution >= 4 is 39.1 Å². The summed E-state index contributed by atoms with van der Waals surface area (Å²) >= 11 is 1.45. The summed E-state index contributed by atoms with van der Waals surface area (Å²) in [4.78, 5) is 12.9. The molecule has 0 aliphatic rings. The zero-order chi connectivity index (χ0) is 20.2. The van der Waals surface area contributed by atoms with E-state index in [1.165, 1.54) is 17.8 Å². The predicted molar refractivity (Wildman–Crippen MR) is 113 cm³/mol. The van der Waals surface area contributed by atoms with Crippen molar-refractivity contribution < 1.29 is 13.2 Å². The number of sulfonamides is 1. The number of nitrogens with one attached hydrogen (secondary N) is 2. The van der Waals surface area contributed by atoms with E-state index in [2.05, 4.69) is 23.9 Å². The highest BCUT2D eigenvalue weighted by atomic mass is 32.2. The molecule has 0 aromatic heterocycles. The molecule has 2 rings (SSSR count). The van der Waals surface area contributed by atoms with E-state index in [9.17, 15) is 13.2 Å². The molecule has 0 aliphatic carbocycles. The molecule has 1 amide bonds. The van der Waals surface area contributed by atoms with Gasteiger partial charge in [-0.05, 0) is 48.1 Å². The maximum atomic E-state index is 12.8. The van der Waals surface area contributed by atoms with Crippen LogP contribution in [0.1, 0.15) is 39.2 Å². The third-order valence-corrected chi connectivity index (χ3v) is 6.27. The van der Waals surface area contributed by atoms with Gasteiger partial charge in [0.15, 0.2) is 0 Å². The summed E-state index contributed by atoms with van der Waals surface area (Å²) in [6.07, 6.45) is 1.88. The van der Waals surface area contributed by atoms with E-state index in [0.29, 0.717) is 17.3 Å². The van der Waals surface area contributed by atoms with Gasteiger partial charge in [0.25, 0.3) is 10.0 Å². The number of hydrogen-bond donors (Lipinski definition) is 2. The molecule has 0 radical (unpaired) electrons. The quantitative estimate of drug-likeness (QED) is 0.640. The lowest BCUT2D eigenvalue weighted by Crippen LogP contribution is -2.19. The lowest BCUT2D eigenvalue weighted by molar-refractivity contribution is -0.118. The molecule has 2 N–H and O–H groups in total. The molecule has 0 fully saturated rings. The van der Waals surface area contributed by atoms with Crippen LogP contribution in [0.25, 0.3) is 0 Å². The van der Waals surface area contributed by atoms with Crippen LogP contribution in [0, 0.1) is 5.92 Å². The summed E-state index contributed by atoms with van der Waals surface area (Å²) in [5.41, 5.74) is 2.14. The summed E-state index contributed by atoms with van der Waals surface area (Å²) in [6.45, 7) is 7.74. The number of amides is 1. The average molecular weight is 407 g/mol. The first-order valence-electron chi connectivity index (χ1n) is 8.75.